The number of rotatable bonds is 18. The summed E-state index contributed by atoms with van der Waals surface area (Å²) in [6, 6.07) is 11.3. The fraction of sp³-hybridized carbons (Fsp3) is 0.524. The molecule has 12 nitrogen and oxygen atoms in total. The summed E-state index contributed by atoms with van der Waals surface area (Å²) >= 11 is 0. The first-order valence-electron chi connectivity index (χ1n) is 19.9. The van der Waals surface area contributed by atoms with Gasteiger partial charge >= 0.3 is 0 Å². The van der Waals surface area contributed by atoms with Crippen LogP contribution in [0.1, 0.15) is 52.0 Å². The standard InChI is InChI=1S/C42H60N6O6Si2/c1-42(2,3)56(8,9)53-18-12-17-50-33-21-30(24-44-25-33)28-52-40-38-35(27-48(29-49-19-20-55(5,6)7)39(38)46-41(43-4)47-40)31-14-15-36-32(22-31)23-34(26-45-36)54-37-13-10-11-16-51-37/h14-15,21-27,37H,10-13,16-20,28-29H2,1-9H3,(H,43,46,47). The number of hydrogen-bond donors (Lipinski definition) is 1. The van der Waals surface area contributed by atoms with Crippen molar-refractivity contribution in [2.75, 3.05) is 38.8 Å². The van der Waals surface area contributed by atoms with Gasteiger partial charge in [-0.2, -0.15) is 9.97 Å². The molecule has 1 aromatic carbocycles. The number of fused-ring (bicyclic) bond motifs is 2. The van der Waals surface area contributed by atoms with Crippen LogP contribution in [0.15, 0.2) is 55.1 Å². The predicted octanol–water partition coefficient (Wildman–Crippen LogP) is 9.67. The first kappa shape index (κ1) is 41.5. The zero-order chi connectivity index (χ0) is 39.9. The van der Waals surface area contributed by atoms with Crippen LogP contribution >= 0.6 is 0 Å². The van der Waals surface area contributed by atoms with Crippen molar-refractivity contribution in [2.45, 2.75) is 110 Å². The third-order valence-electron chi connectivity index (χ3n) is 10.5. The molecule has 0 spiro atoms. The minimum Gasteiger partial charge on any atom is -0.492 e. The van der Waals surface area contributed by atoms with Gasteiger partial charge in [0.15, 0.2) is 20.3 Å². The van der Waals surface area contributed by atoms with E-state index in [0.717, 1.165) is 64.7 Å². The van der Waals surface area contributed by atoms with Gasteiger partial charge in [-0.05, 0) is 66.8 Å². The predicted molar refractivity (Wildman–Crippen MR) is 228 cm³/mol. The van der Waals surface area contributed by atoms with E-state index in [1.54, 1.807) is 25.6 Å². The van der Waals surface area contributed by atoms with Gasteiger partial charge in [0.1, 0.15) is 24.8 Å². The molecule has 1 fully saturated rings. The van der Waals surface area contributed by atoms with E-state index in [2.05, 4.69) is 82.1 Å². The van der Waals surface area contributed by atoms with Gasteiger partial charge in [-0.25, -0.2) is 0 Å². The SMILES string of the molecule is CNc1nc(OCc2cncc(OCCCO[Si](C)(C)C(C)(C)C)c2)c2c(-c3ccc4ncc(OC5CCCCO5)cc4c3)cn(COCC[Si](C)(C)C)c2n1. The second-order valence-electron chi connectivity index (χ2n) is 17.3. The van der Waals surface area contributed by atoms with E-state index in [1.807, 2.05) is 22.8 Å². The van der Waals surface area contributed by atoms with Gasteiger partial charge in [0.25, 0.3) is 0 Å². The molecule has 0 bridgehead atoms. The first-order valence-corrected chi connectivity index (χ1v) is 26.5. The first-order chi connectivity index (χ1) is 26.7. The molecule has 1 atom stereocenters. The molecule has 4 aromatic heterocycles. The Bertz CT molecular complexity index is 2070. The minimum atomic E-state index is -1.79. The highest BCUT2D eigenvalue weighted by Gasteiger charge is 2.36. The van der Waals surface area contributed by atoms with E-state index in [9.17, 15) is 0 Å². The molecule has 0 radical (unpaired) electrons. The summed E-state index contributed by atoms with van der Waals surface area (Å²) in [7, 11) is -1.26. The maximum Gasteiger partial charge on any atom is 0.228 e. The Labute approximate surface area is 333 Å². The van der Waals surface area contributed by atoms with Gasteiger partial charge in [0.05, 0.1) is 36.5 Å². The summed E-state index contributed by atoms with van der Waals surface area (Å²) in [6.45, 7) is 21.6. The van der Waals surface area contributed by atoms with Crippen LogP contribution in [-0.4, -0.2) is 80.7 Å². The van der Waals surface area contributed by atoms with Crippen molar-refractivity contribution < 1.29 is 28.1 Å². The molecule has 0 aliphatic carbocycles. The van der Waals surface area contributed by atoms with Crippen molar-refractivity contribution in [1.29, 1.82) is 0 Å². The Hall–Kier alpha value is -4.09. The molecule has 0 saturated carbocycles. The lowest BCUT2D eigenvalue weighted by molar-refractivity contribution is -0.106. The van der Waals surface area contributed by atoms with Crippen molar-refractivity contribution in [3.8, 4) is 28.5 Å². The Morgan fingerprint density at radius 3 is 2.52 bits per heavy atom. The maximum atomic E-state index is 6.56. The van der Waals surface area contributed by atoms with Crippen LogP contribution in [0.5, 0.6) is 17.4 Å². The minimum absolute atomic E-state index is 0.177. The summed E-state index contributed by atoms with van der Waals surface area (Å²) in [4.78, 5) is 18.9. The van der Waals surface area contributed by atoms with Crippen LogP contribution in [0, 0.1) is 0 Å². The lowest BCUT2D eigenvalue weighted by Crippen LogP contribution is -2.41. The smallest absolute Gasteiger partial charge is 0.228 e. The molecule has 6 rings (SSSR count). The molecular formula is C42H60N6O6Si2. The molecule has 5 heterocycles. The summed E-state index contributed by atoms with van der Waals surface area (Å²) in [6.07, 6.45) is 10.9. The Morgan fingerprint density at radius 1 is 0.929 bits per heavy atom. The molecule has 1 aliphatic heterocycles. The molecule has 14 heteroatoms. The summed E-state index contributed by atoms with van der Waals surface area (Å²) in [5, 5.41) is 5.04. The van der Waals surface area contributed by atoms with Crippen molar-refractivity contribution in [2.24, 2.45) is 0 Å². The molecule has 1 saturated heterocycles. The highest BCUT2D eigenvalue weighted by molar-refractivity contribution is 6.76. The maximum absolute atomic E-state index is 6.56. The molecule has 1 aliphatic rings. The number of anilines is 1. The van der Waals surface area contributed by atoms with Crippen molar-refractivity contribution in [3.05, 3.63) is 60.7 Å². The summed E-state index contributed by atoms with van der Waals surface area (Å²) < 4.78 is 39.3. The van der Waals surface area contributed by atoms with Crippen LogP contribution in [0.4, 0.5) is 5.95 Å². The third kappa shape index (κ3) is 10.8. The molecular weight excluding hydrogens is 741 g/mol. The third-order valence-corrected chi connectivity index (χ3v) is 16.7. The van der Waals surface area contributed by atoms with E-state index < -0.39 is 16.4 Å². The number of ether oxygens (including phenoxy) is 5. The van der Waals surface area contributed by atoms with Gasteiger partial charge < -0.3 is 38.0 Å². The number of nitrogens with one attached hydrogen (secondary N) is 1. The largest absolute Gasteiger partial charge is 0.492 e. The number of pyridine rings is 2. The second kappa shape index (κ2) is 18.0. The number of nitrogens with zero attached hydrogens (tertiary/aromatic N) is 5. The molecule has 302 valence electrons. The normalized spacial score (nSPS) is 15.3. The summed E-state index contributed by atoms with van der Waals surface area (Å²) in [5.41, 5.74) is 4.33. The molecule has 0 amide bonds. The van der Waals surface area contributed by atoms with E-state index in [0.29, 0.717) is 62.1 Å². The average molecular weight is 801 g/mol. The monoisotopic (exact) mass is 800 g/mol. The zero-order valence-corrected chi connectivity index (χ0v) is 36.7. The van der Waals surface area contributed by atoms with Crippen LogP contribution < -0.4 is 19.5 Å². The van der Waals surface area contributed by atoms with Gasteiger partial charge in [0.2, 0.25) is 11.8 Å². The molecule has 56 heavy (non-hydrogen) atoms. The molecule has 1 N–H and O–H groups in total. The quantitative estimate of drug-likeness (QED) is 0.0673. The second-order valence-corrected chi connectivity index (χ2v) is 27.7. The van der Waals surface area contributed by atoms with Crippen LogP contribution in [-0.2, 0) is 27.2 Å². The van der Waals surface area contributed by atoms with Crippen LogP contribution in [0.3, 0.4) is 0 Å². The molecule has 1 unspecified atom stereocenters. The number of hydrogen-bond acceptors (Lipinski definition) is 11. The van der Waals surface area contributed by atoms with E-state index in [-0.39, 0.29) is 17.9 Å². The van der Waals surface area contributed by atoms with Gasteiger partial charge in [-0.3, -0.25) is 9.97 Å². The Balaban J connectivity index is 1.26. The number of benzene rings is 1. The van der Waals surface area contributed by atoms with Crippen molar-refractivity contribution >= 4 is 44.3 Å². The lowest BCUT2D eigenvalue weighted by Gasteiger charge is -2.36. The highest BCUT2D eigenvalue weighted by atomic mass is 28.4. The fourth-order valence-corrected chi connectivity index (χ4v) is 7.94. The van der Waals surface area contributed by atoms with E-state index >= 15 is 0 Å². The van der Waals surface area contributed by atoms with Gasteiger partial charge in [0, 0.05) is 70.1 Å². The highest BCUT2D eigenvalue weighted by Crippen LogP contribution is 2.39. The number of aromatic nitrogens is 5. The zero-order valence-electron chi connectivity index (χ0n) is 34.7. The Kier molecular flexibility index (Phi) is 13.4. The van der Waals surface area contributed by atoms with E-state index in [1.165, 1.54) is 0 Å². The topological polar surface area (TPSA) is 124 Å². The average Bonchev–Trinajstić information content (AvgIpc) is 3.53. The summed E-state index contributed by atoms with van der Waals surface area (Å²) in [5.74, 6) is 2.27. The van der Waals surface area contributed by atoms with Gasteiger partial charge in [-0.1, -0.05) is 46.5 Å². The van der Waals surface area contributed by atoms with Crippen molar-refractivity contribution in [1.82, 2.24) is 24.5 Å². The van der Waals surface area contributed by atoms with Gasteiger partial charge in [-0.15, -0.1) is 0 Å². The van der Waals surface area contributed by atoms with Crippen LogP contribution in [0.2, 0.25) is 43.8 Å². The van der Waals surface area contributed by atoms with E-state index in [4.69, 9.17) is 43.1 Å². The Morgan fingerprint density at radius 2 is 1.77 bits per heavy atom. The van der Waals surface area contributed by atoms with Crippen molar-refractivity contribution in [3.63, 3.8) is 0 Å². The fourth-order valence-electron chi connectivity index (χ4n) is 6.09. The van der Waals surface area contributed by atoms with Crippen LogP contribution in [0.25, 0.3) is 33.1 Å². The molecule has 5 aromatic rings. The lowest BCUT2D eigenvalue weighted by atomic mass is 10.0.